The molecule has 5 nitrogen and oxygen atoms in total. The predicted octanol–water partition coefficient (Wildman–Crippen LogP) is 4.40. The van der Waals surface area contributed by atoms with Crippen molar-refractivity contribution >= 4 is 11.6 Å². The highest BCUT2D eigenvalue weighted by molar-refractivity contribution is 5.95. The average molecular weight is 326 g/mol. The van der Waals surface area contributed by atoms with Crippen molar-refractivity contribution in [1.82, 2.24) is 5.32 Å². The lowest BCUT2D eigenvalue weighted by atomic mass is 9.99. The molecule has 1 amide bonds. The SMILES string of the molecule is CC[C@@H](NC(=O)c1ccc(C)c([N+](=O)[O-])c1)c1ccc(C)c(C)c1. The number of carbonyl (C=O) groups excluding carboxylic acids is 1. The monoisotopic (exact) mass is 326 g/mol. The number of hydrogen-bond acceptors (Lipinski definition) is 3. The van der Waals surface area contributed by atoms with Crippen molar-refractivity contribution in [3.63, 3.8) is 0 Å². The number of nitrogens with zero attached hydrogens (tertiary/aromatic N) is 1. The van der Waals surface area contributed by atoms with E-state index < -0.39 is 4.92 Å². The number of aryl methyl sites for hydroxylation is 3. The third-order valence-electron chi connectivity index (χ3n) is 4.31. The zero-order valence-electron chi connectivity index (χ0n) is 14.4. The summed E-state index contributed by atoms with van der Waals surface area (Å²) >= 11 is 0. The van der Waals surface area contributed by atoms with E-state index in [1.54, 1.807) is 19.1 Å². The van der Waals surface area contributed by atoms with Gasteiger partial charge in [0.25, 0.3) is 11.6 Å². The molecule has 24 heavy (non-hydrogen) atoms. The molecule has 0 aliphatic carbocycles. The van der Waals surface area contributed by atoms with Crippen molar-refractivity contribution in [2.75, 3.05) is 0 Å². The molecule has 0 aliphatic rings. The molecule has 2 aromatic carbocycles. The van der Waals surface area contributed by atoms with Crippen molar-refractivity contribution in [3.8, 4) is 0 Å². The lowest BCUT2D eigenvalue weighted by Crippen LogP contribution is -2.28. The van der Waals surface area contributed by atoms with E-state index in [2.05, 4.69) is 11.4 Å². The first-order valence-electron chi connectivity index (χ1n) is 7.96. The summed E-state index contributed by atoms with van der Waals surface area (Å²) in [7, 11) is 0. The Labute approximate surface area is 141 Å². The van der Waals surface area contributed by atoms with Gasteiger partial charge >= 0.3 is 0 Å². The highest BCUT2D eigenvalue weighted by atomic mass is 16.6. The van der Waals surface area contributed by atoms with Gasteiger partial charge in [0.2, 0.25) is 0 Å². The molecule has 0 aromatic heterocycles. The summed E-state index contributed by atoms with van der Waals surface area (Å²) in [4.78, 5) is 23.1. The largest absolute Gasteiger partial charge is 0.345 e. The fourth-order valence-corrected chi connectivity index (χ4v) is 2.59. The lowest BCUT2D eigenvalue weighted by molar-refractivity contribution is -0.385. The van der Waals surface area contributed by atoms with Crippen LogP contribution in [0.5, 0.6) is 0 Å². The van der Waals surface area contributed by atoms with Crippen LogP contribution >= 0.6 is 0 Å². The summed E-state index contributed by atoms with van der Waals surface area (Å²) in [6, 6.07) is 10.5. The van der Waals surface area contributed by atoms with Crippen molar-refractivity contribution in [1.29, 1.82) is 0 Å². The van der Waals surface area contributed by atoms with E-state index in [-0.39, 0.29) is 17.6 Å². The van der Waals surface area contributed by atoms with Gasteiger partial charge in [0.05, 0.1) is 11.0 Å². The van der Waals surface area contributed by atoms with Crippen LogP contribution < -0.4 is 5.32 Å². The molecule has 2 rings (SSSR count). The number of nitro benzene ring substituents is 1. The Kier molecular flexibility index (Phi) is 5.34. The van der Waals surface area contributed by atoms with Crippen molar-refractivity contribution in [2.45, 2.75) is 40.2 Å². The van der Waals surface area contributed by atoms with Gasteiger partial charge in [0, 0.05) is 17.2 Å². The van der Waals surface area contributed by atoms with Crippen LogP contribution in [0.15, 0.2) is 36.4 Å². The molecule has 0 radical (unpaired) electrons. The quantitative estimate of drug-likeness (QED) is 0.654. The molecule has 5 heteroatoms. The van der Waals surface area contributed by atoms with Crippen LogP contribution in [0.2, 0.25) is 0 Å². The molecule has 0 aliphatic heterocycles. The van der Waals surface area contributed by atoms with Gasteiger partial charge < -0.3 is 5.32 Å². The van der Waals surface area contributed by atoms with Gasteiger partial charge in [-0.3, -0.25) is 14.9 Å². The van der Waals surface area contributed by atoms with E-state index in [0.717, 1.165) is 12.0 Å². The Morgan fingerprint density at radius 2 is 1.75 bits per heavy atom. The first kappa shape index (κ1) is 17.7. The van der Waals surface area contributed by atoms with E-state index in [4.69, 9.17) is 0 Å². The number of nitrogens with one attached hydrogen (secondary N) is 1. The predicted molar refractivity (Wildman–Crippen MR) is 94.2 cm³/mol. The Hall–Kier alpha value is -2.69. The van der Waals surface area contributed by atoms with Crippen molar-refractivity contribution in [3.05, 3.63) is 74.3 Å². The number of benzene rings is 2. The molecule has 0 fully saturated rings. The zero-order chi connectivity index (χ0) is 17.9. The molecule has 0 saturated heterocycles. The fourth-order valence-electron chi connectivity index (χ4n) is 2.59. The summed E-state index contributed by atoms with van der Waals surface area (Å²) in [5.74, 6) is -0.303. The second kappa shape index (κ2) is 7.25. The number of amides is 1. The van der Waals surface area contributed by atoms with E-state index in [1.165, 1.54) is 17.2 Å². The van der Waals surface area contributed by atoms with Crippen LogP contribution in [0.3, 0.4) is 0 Å². The van der Waals surface area contributed by atoms with Gasteiger partial charge in [-0.15, -0.1) is 0 Å². The number of hydrogen-bond donors (Lipinski definition) is 1. The molecule has 2 aromatic rings. The summed E-state index contributed by atoms with van der Waals surface area (Å²) in [5, 5.41) is 14.0. The second-order valence-electron chi connectivity index (χ2n) is 6.04. The van der Waals surface area contributed by atoms with Crippen LogP contribution in [0.25, 0.3) is 0 Å². The maximum atomic E-state index is 12.5. The minimum absolute atomic E-state index is 0.0399. The van der Waals surface area contributed by atoms with Crippen molar-refractivity contribution in [2.24, 2.45) is 0 Å². The number of carbonyl (C=O) groups is 1. The van der Waals surface area contributed by atoms with E-state index >= 15 is 0 Å². The molecular weight excluding hydrogens is 304 g/mol. The van der Waals surface area contributed by atoms with Crippen molar-refractivity contribution < 1.29 is 9.72 Å². The molecule has 0 bridgehead atoms. The van der Waals surface area contributed by atoms with Crippen LogP contribution in [-0.4, -0.2) is 10.8 Å². The van der Waals surface area contributed by atoms with E-state index in [9.17, 15) is 14.9 Å². The Balaban J connectivity index is 2.25. The maximum absolute atomic E-state index is 12.5. The molecule has 1 atom stereocenters. The fraction of sp³-hybridized carbons (Fsp3) is 0.316. The van der Waals surface area contributed by atoms with Gasteiger partial charge in [-0.25, -0.2) is 0 Å². The first-order chi connectivity index (χ1) is 11.3. The summed E-state index contributed by atoms with van der Waals surface area (Å²) in [6.07, 6.45) is 0.738. The summed E-state index contributed by atoms with van der Waals surface area (Å²) in [5.41, 5.74) is 4.21. The minimum atomic E-state index is -0.466. The summed E-state index contributed by atoms with van der Waals surface area (Å²) in [6.45, 7) is 7.74. The third-order valence-corrected chi connectivity index (χ3v) is 4.31. The average Bonchev–Trinajstić information content (AvgIpc) is 2.55. The lowest BCUT2D eigenvalue weighted by Gasteiger charge is -2.18. The smallest absolute Gasteiger partial charge is 0.273 e. The summed E-state index contributed by atoms with van der Waals surface area (Å²) < 4.78 is 0. The van der Waals surface area contributed by atoms with E-state index in [0.29, 0.717) is 11.1 Å². The molecule has 0 heterocycles. The van der Waals surface area contributed by atoms with Gasteiger partial charge in [-0.2, -0.15) is 0 Å². The minimum Gasteiger partial charge on any atom is -0.345 e. The van der Waals surface area contributed by atoms with E-state index in [1.807, 2.05) is 32.9 Å². The molecular formula is C19H22N2O3. The second-order valence-corrected chi connectivity index (χ2v) is 6.04. The molecule has 126 valence electrons. The Bertz CT molecular complexity index is 784. The molecule has 0 unspecified atom stereocenters. The van der Waals surface area contributed by atoms with Crippen LogP contribution in [0.1, 0.15) is 52.0 Å². The van der Waals surface area contributed by atoms with Gasteiger partial charge in [0.1, 0.15) is 0 Å². The normalized spacial score (nSPS) is 11.8. The highest BCUT2D eigenvalue weighted by Gasteiger charge is 2.18. The zero-order valence-corrected chi connectivity index (χ0v) is 14.4. The number of rotatable bonds is 5. The highest BCUT2D eigenvalue weighted by Crippen LogP contribution is 2.22. The number of nitro groups is 1. The van der Waals surface area contributed by atoms with Gasteiger partial charge in [-0.05, 0) is 49.9 Å². The van der Waals surface area contributed by atoms with Gasteiger partial charge in [0.15, 0.2) is 0 Å². The topological polar surface area (TPSA) is 72.2 Å². The van der Waals surface area contributed by atoms with Gasteiger partial charge in [-0.1, -0.05) is 31.2 Å². The molecule has 0 saturated carbocycles. The standard InChI is InChI=1S/C19H22N2O3/c1-5-17(15-8-6-12(2)14(4)10-15)20-19(22)16-9-7-13(3)18(11-16)21(23)24/h6-11,17H,5H2,1-4H3,(H,20,22)/t17-/m1/s1. The maximum Gasteiger partial charge on any atom is 0.273 e. The van der Waals surface area contributed by atoms with Crippen LogP contribution in [-0.2, 0) is 0 Å². The molecule has 1 N–H and O–H groups in total. The third kappa shape index (κ3) is 3.79. The Morgan fingerprint density at radius 1 is 1.08 bits per heavy atom. The Morgan fingerprint density at radius 3 is 2.33 bits per heavy atom. The van der Waals surface area contributed by atoms with Crippen LogP contribution in [0, 0.1) is 30.9 Å². The van der Waals surface area contributed by atoms with Crippen LogP contribution in [0.4, 0.5) is 5.69 Å². The molecule has 0 spiro atoms. The first-order valence-corrected chi connectivity index (χ1v) is 7.96.